The normalized spacial score (nSPS) is 13.8. The van der Waals surface area contributed by atoms with E-state index in [2.05, 4.69) is 9.32 Å². The fourth-order valence-corrected chi connectivity index (χ4v) is 0.545. The van der Waals surface area contributed by atoms with Crippen LogP contribution in [0.4, 0.5) is 17.6 Å². The molecule has 0 heterocycles. The Hall–Kier alpha value is -0.410. The molecule has 0 aliphatic heterocycles. The molecule has 0 rings (SSSR count). The number of halogens is 4. The topological polar surface area (TPSA) is 69.4 Å². The van der Waals surface area contributed by atoms with E-state index in [0.29, 0.717) is 0 Å². The van der Waals surface area contributed by atoms with Crippen molar-refractivity contribution in [3.8, 4) is 0 Å². The van der Waals surface area contributed by atoms with Crippen molar-refractivity contribution < 1.29 is 30.2 Å². The van der Waals surface area contributed by atoms with Crippen LogP contribution in [0, 0.1) is 0 Å². The Labute approximate surface area is 65.6 Å². The van der Waals surface area contributed by atoms with Gasteiger partial charge in [0.2, 0.25) is 0 Å². The van der Waals surface area contributed by atoms with E-state index in [1.165, 1.54) is 0 Å². The molecule has 0 saturated heterocycles. The molecule has 4 nitrogen and oxygen atoms in total. The third kappa shape index (κ3) is 4.46. The molecule has 0 aliphatic rings. The first-order valence-corrected chi connectivity index (χ1v) is 3.95. The molecule has 0 saturated carbocycles. The highest BCUT2D eigenvalue weighted by Gasteiger charge is 2.42. The maximum atomic E-state index is 11.9. The minimum Gasteiger partial charge on any atom is -0.252 e. The van der Waals surface area contributed by atoms with Crippen molar-refractivity contribution in [2.45, 2.75) is 12.3 Å². The van der Waals surface area contributed by atoms with E-state index in [1.807, 2.05) is 0 Å². The first-order valence-electron chi connectivity index (χ1n) is 2.48. The highest BCUT2D eigenvalue weighted by molar-refractivity contribution is 7.84. The first-order chi connectivity index (χ1) is 5.15. The van der Waals surface area contributed by atoms with Crippen LogP contribution in [0.3, 0.4) is 0 Å². The Balaban J connectivity index is 4.10. The lowest BCUT2D eigenvalue weighted by Gasteiger charge is -2.13. The van der Waals surface area contributed by atoms with Crippen molar-refractivity contribution in [1.29, 1.82) is 0 Å². The van der Waals surface area contributed by atoms with E-state index in [1.54, 1.807) is 0 Å². The molecule has 0 bridgehead atoms. The molecule has 0 aliphatic carbocycles. The molecule has 2 N–H and O–H groups in total. The van der Waals surface area contributed by atoms with Crippen LogP contribution in [0.25, 0.3) is 0 Å². The summed E-state index contributed by atoms with van der Waals surface area (Å²) in [6.45, 7) is -1.95. The van der Waals surface area contributed by atoms with E-state index in [4.69, 9.17) is 0 Å². The Morgan fingerprint density at radius 1 is 1.42 bits per heavy atom. The molecule has 0 aromatic rings. The summed E-state index contributed by atoms with van der Waals surface area (Å²) in [6, 6.07) is 0. The lowest BCUT2D eigenvalue weighted by atomic mass is 10.4. The van der Waals surface area contributed by atoms with Gasteiger partial charge < -0.3 is 0 Å². The smallest absolute Gasteiger partial charge is 0.252 e. The van der Waals surface area contributed by atoms with Gasteiger partial charge in [-0.3, -0.25) is 4.18 Å². The lowest BCUT2D eigenvalue weighted by Crippen LogP contribution is -2.34. The third-order valence-electron chi connectivity index (χ3n) is 0.735. The maximum Gasteiger partial charge on any atom is 0.333 e. The van der Waals surface area contributed by atoms with Crippen LogP contribution in [-0.4, -0.2) is 27.4 Å². The lowest BCUT2D eigenvalue weighted by molar-refractivity contribution is -0.147. The Kier molecular flexibility index (Phi) is 3.42. The minimum atomic E-state index is -4.60. The molecule has 0 aromatic heterocycles. The number of alkyl halides is 4. The van der Waals surface area contributed by atoms with Gasteiger partial charge >= 0.3 is 22.7 Å². The monoisotopic (exact) mass is 211 g/mol. The number of rotatable bonds is 4. The molecule has 9 heteroatoms. The molecular formula is C3H5F4NO3S. The number of nitrogens with two attached hydrogens (primary N) is 1. The van der Waals surface area contributed by atoms with Crippen molar-refractivity contribution in [2.75, 3.05) is 6.61 Å². The summed E-state index contributed by atoms with van der Waals surface area (Å²) in [5.74, 6) is -4.51. The predicted octanol–water partition coefficient (Wildman–Crippen LogP) is 0.107. The van der Waals surface area contributed by atoms with Gasteiger partial charge in [-0.2, -0.15) is 17.2 Å². The molecule has 0 amide bonds. The molecular weight excluding hydrogens is 206 g/mol. The zero-order valence-electron chi connectivity index (χ0n) is 5.51. The Morgan fingerprint density at radius 3 is 2.08 bits per heavy atom. The zero-order valence-corrected chi connectivity index (χ0v) is 6.32. The average molecular weight is 211 g/mol. The van der Waals surface area contributed by atoms with Crippen molar-refractivity contribution in [1.82, 2.24) is 0 Å². The summed E-state index contributed by atoms with van der Waals surface area (Å²) in [6.07, 6.45) is -3.99. The summed E-state index contributed by atoms with van der Waals surface area (Å²) in [4.78, 5) is 0. The minimum absolute atomic E-state index is 1.95. The maximum absolute atomic E-state index is 11.9. The van der Waals surface area contributed by atoms with Gasteiger partial charge in [0.25, 0.3) is 0 Å². The van der Waals surface area contributed by atoms with Crippen LogP contribution in [0.15, 0.2) is 0 Å². The zero-order chi connectivity index (χ0) is 9.99. The molecule has 12 heavy (non-hydrogen) atoms. The van der Waals surface area contributed by atoms with Crippen LogP contribution < -0.4 is 5.14 Å². The van der Waals surface area contributed by atoms with E-state index in [-0.39, 0.29) is 0 Å². The van der Waals surface area contributed by atoms with Crippen molar-refractivity contribution >= 4 is 10.3 Å². The molecule has 0 unspecified atom stereocenters. The van der Waals surface area contributed by atoms with Crippen molar-refractivity contribution in [3.63, 3.8) is 0 Å². The SMILES string of the molecule is NS(=O)(=O)OCC(F)(F)C(F)F. The second kappa shape index (κ2) is 3.54. The van der Waals surface area contributed by atoms with Crippen molar-refractivity contribution in [3.05, 3.63) is 0 Å². The largest absolute Gasteiger partial charge is 0.333 e. The molecule has 0 radical (unpaired) electrons. The second-order valence-corrected chi connectivity index (χ2v) is 3.04. The van der Waals surface area contributed by atoms with E-state index in [0.717, 1.165) is 0 Å². The molecule has 0 spiro atoms. The Morgan fingerprint density at radius 2 is 1.83 bits per heavy atom. The first kappa shape index (κ1) is 11.6. The highest BCUT2D eigenvalue weighted by Crippen LogP contribution is 2.22. The van der Waals surface area contributed by atoms with E-state index >= 15 is 0 Å². The summed E-state index contributed by atoms with van der Waals surface area (Å²) in [5.41, 5.74) is 0. The summed E-state index contributed by atoms with van der Waals surface area (Å²) < 4.78 is 69.4. The van der Waals surface area contributed by atoms with Gasteiger partial charge in [0.1, 0.15) is 6.61 Å². The van der Waals surface area contributed by atoms with Crippen LogP contribution in [0.2, 0.25) is 0 Å². The van der Waals surface area contributed by atoms with Crippen LogP contribution in [-0.2, 0) is 14.5 Å². The molecule has 0 atom stereocenters. The number of hydrogen-bond acceptors (Lipinski definition) is 3. The van der Waals surface area contributed by atoms with Gasteiger partial charge in [0.15, 0.2) is 0 Å². The fourth-order valence-electron chi connectivity index (χ4n) is 0.224. The molecule has 0 fully saturated rings. The summed E-state index contributed by atoms with van der Waals surface area (Å²) in [7, 11) is -4.60. The Bertz CT molecular complexity index is 238. The molecule has 74 valence electrons. The van der Waals surface area contributed by atoms with Gasteiger partial charge in [-0.15, -0.1) is 0 Å². The molecule has 0 aromatic carbocycles. The van der Waals surface area contributed by atoms with Gasteiger partial charge in [0, 0.05) is 0 Å². The summed E-state index contributed by atoms with van der Waals surface area (Å²) >= 11 is 0. The average Bonchev–Trinajstić information content (AvgIpc) is 1.82. The van der Waals surface area contributed by atoms with Gasteiger partial charge in [0.05, 0.1) is 0 Å². The fraction of sp³-hybridized carbons (Fsp3) is 1.00. The number of hydrogen-bond donors (Lipinski definition) is 1. The van der Waals surface area contributed by atoms with Gasteiger partial charge in [-0.25, -0.2) is 13.9 Å². The third-order valence-corrected chi connectivity index (χ3v) is 1.18. The van der Waals surface area contributed by atoms with Gasteiger partial charge in [-0.05, 0) is 0 Å². The van der Waals surface area contributed by atoms with E-state index < -0.39 is 29.3 Å². The highest BCUT2D eigenvalue weighted by atomic mass is 32.2. The standard InChI is InChI=1S/C3H5F4NO3S/c4-2(5)3(6,7)1-11-12(8,9)10/h2H,1H2,(H2,8,9,10). The van der Waals surface area contributed by atoms with E-state index in [9.17, 15) is 26.0 Å². The summed E-state index contributed by atoms with van der Waals surface area (Å²) in [5, 5.41) is 4.11. The van der Waals surface area contributed by atoms with Crippen LogP contribution in [0.5, 0.6) is 0 Å². The van der Waals surface area contributed by atoms with Crippen LogP contribution >= 0.6 is 0 Å². The van der Waals surface area contributed by atoms with Crippen molar-refractivity contribution in [2.24, 2.45) is 5.14 Å². The second-order valence-electron chi connectivity index (χ2n) is 1.82. The quantitative estimate of drug-likeness (QED) is 0.671. The van der Waals surface area contributed by atoms with Crippen LogP contribution in [0.1, 0.15) is 0 Å². The van der Waals surface area contributed by atoms with Gasteiger partial charge in [-0.1, -0.05) is 0 Å². The predicted molar refractivity (Wildman–Crippen MR) is 30.0 cm³/mol.